The number of fused-ring (bicyclic) bond motifs is 2. The SMILES string of the molecule is N#Cc1ncc(-n2c(O)c3n(c2=O)CC[C@H]3O)c2sncc12. The van der Waals surface area contributed by atoms with Crippen LogP contribution in [0.5, 0.6) is 5.88 Å². The third-order valence-corrected chi connectivity index (χ3v) is 4.64. The summed E-state index contributed by atoms with van der Waals surface area (Å²) in [5, 5.41) is 29.8. The molecule has 0 spiro atoms. The zero-order chi connectivity index (χ0) is 15.4. The van der Waals surface area contributed by atoms with Gasteiger partial charge in [0.15, 0.2) is 5.69 Å². The minimum absolute atomic E-state index is 0.215. The third kappa shape index (κ3) is 1.50. The molecule has 4 rings (SSSR count). The van der Waals surface area contributed by atoms with Crippen LogP contribution in [0.4, 0.5) is 0 Å². The molecule has 9 heteroatoms. The summed E-state index contributed by atoms with van der Waals surface area (Å²) in [5.41, 5.74) is 0.345. The molecule has 0 amide bonds. The molecule has 0 aliphatic carbocycles. The fourth-order valence-corrected chi connectivity index (χ4v) is 3.54. The number of hydrogen-bond acceptors (Lipinski definition) is 7. The largest absolute Gasteiger partial charge is 0.493 e. The van der Waals surface area contributed by atoms with Gasteiger partial charge in [-0.3, -0.25) is 4.57 Å². The second kappa shape index (κ2) is 4.40. The van der Waals surface area contributed by atoms with Gasteiger partial charge in [-0.25, -0.2) is 14.3 Å². The molecule has 1 aliphatic heterocycles. The van der Waals surface area contributed by atoms with Crippen LogP contribution in [-0.4, -0.2) is 28.7 Å². The molecule has 3 aromatic rings. The lowest BCUT2D eigenvalue weighted by atomic mass is 10.2. The summed E-state index contributed by atoms with van der Waals surface area (Å²) < 4.78 is 7.07. The van der Waals surface area contributed by atoms with Crippen LogP contribution in [0.15, 0.2) is 17.2 Å². The minimum Gasteiger partial charge on any atom is -0.493 e. The van der Waals surface area contributed by atoms with E-state index in [4.69, 9.17) is 5.26 Å². The topological polar surface area (TPSA) is 117 Å². The van der Waals surface area contributed by atoms with E-state index >= 15 is 0 Å². The molecule has 4 heterocycles. The summed E-state index contributed by atoms with van der Waals surface area (Å²) in [5.74, 6) is -0.295. The molecule has 1 aliphatic rings. The first-order valence-electron chi connectivity index (χ1n) is 6.49. The molecule has 8 nitrogen and oxygen atoms in total. The van der Waals surface area contributed by atoms with Crippen molar-refractivity contribution < 1.29 is 10.2 Å². The van der Waals surface area contributed by atoms with E-state index in [0.717, 1.165) is 16.1 Å². The maximum atomic E-state index is 12.5. The van der Waals surface area contributed by atoms with E-state index in [9.17, 15) is 15.0 Å². The standard InChI is InChI=1S/C13H9N5O3S/c14-3-7-6-4-16-22-11(6)8(5-15-7)18-12(20)10-9(19)1-2-17(10)13(18)21/h4-5,9,19-20H,1-2H2/t9-/m1/s1. The average molecular weight is 315 g/mol. The molecule has 110 valence electrons. The smallest absolute Gasteiger partial charge is 0.336 e. The molecule has 2 N–H and O–H groups in total. The Balaban J connectivity index is 2.07. The van der Waals surface area contributed by atoms with Gasteiger partial charge < -0.3 is 10.2 Å². The van der Waals surface area contributed by atoms with Crippen LogP contribution in [0, 0.1) is 11.3 Å². The van der Waals surface area contributed by atoms with Gasteiger partial charge in [-0.05, 0) is 18.0 Å². The number of hydrogen-bond donors (Lipinski definition) is 2. The monoisotopic (exact) mass is 315 g/mol. The molecule has 0 saturated heterocycles. The van der Waals surface area contributed by atoms with Crippen molar-refractivity contribution in [1.29, 1.82) is 5.26 Å². The number of aliphatic hydroxyl groups is 1. The van der Waals surface area contributed by atoms with E-state index < -0.39 is 11.8 Å². The van der Waals surface area contributed by atoms with Gasteiger partial charge in [0.1, 0.15) is 17.9 Å². The van der Waals surface area contributed by atoms with Crippen LogP contribution in [0.3, 0.4) is 0 Å². The van der Waals surface area contributed by atoms with Crippen molar-refractivity contribution in [3.05, 3.63) is 34.3 Å². The third-order valence-electron chi connectivity index (χ3n) is 3.82. The van der Waals surface area contributed by atoms with Gasteiger partial charge in [0.25, 0.3) is 0 Å². The maximum Gasteiger partial charge on any atom is 0.336 e. The molecule has 0 fully saturated rings. The highest BCUT2D eigenvalue weighted by molar-refractivity contribution is 7.13. The van der Waals surface area contributed by atoms with Crippen LogP contribution in [0.1, 0.15) is 23.9 Å². The minimum atomic E-state index is -0.864. The maximum absolute atomic E-state index is 12.5. The highest BCUT2D eigenvalue weighted by Gasteiger charge is 2.31. The first-order valence-corrected chi connectivity index (χ1v) is 7.27. The van der Waals surface area contributed by atoms with Crippen LogP contribution < -0.4 is 5.69 Å². The van der Waals surface area contributed by atoms with Crippen molar-refractivity contribution in [3.63, 3.8) is 0 Å². The number of aromatic nitrogens is 4. The fraction of sp³-hybridized carbons (Fsp3) is 0.231. The Morgan fingerprint density at radius 3 is 3.00 bits per heavy atom. The Kier molecular flexibility index (Phi) is 2.60. The number of aromatic hydroxyl groups is 1. The van der Waals surface area contributed by atoms with Gasteiger partial charge in [-0.15, -0.1) is 0 Å². The second-order valence-electron chi connectivity index (χ2n) is 4.96. The number of imidazole rings is 1. The first kappa shape index (κ1) is 13.0. The second-order valence-corrected chi connectivity index (χ2v) is 5.76. The molecule has 0 aromatic carbocycles. The molecule has 0 saturated carbocycles. The Hall–Kier alpha value is -2.70. The number of aliphatic hydroxyl groups excluding tert-OH is 1. The lowest BCUT2D eigenvalue weighted by Crippen LogP contribution is -2.22. The highest BCUT2D eigenvalue weighted by Crippen LogP contribution is 2.35. The van der Waals surface area contributed by atoms with Crippen molar-refractivity contribution in [2.24, 2.45) is 0 Å². The van der Waals surface area contributed by atoms with E-state index in [-0.39, 0.29) is 17.3 Å². The summed E-state index contributed by atoms with van der Waals surface area (Å²) >= 11 is 1.11. The van der Waals surface area contributed by atoms with Gasteiger partial charge in [0, 0.05) is 6.54 Å². The van der Waals surface area contributed by atoms with Gasteiger partial charge in [-0.2, -0.15) is 9.64 Å². The molecular weight excluding hydrogens is 306 g/mol. The predicted molar refractivity (Wildman–Crippen MR) is 77.0 cm³/mol. The van der Waals surface area contributed by atoms with Gasteiger partial charge in [-0.1, -0.05) is 0 Å². The van der Waals surface area contributed by atoms with Gasteiger partial charge >= 0.3 is 5.69 Å². The van der Waals surface area contributed by atoms with Crippen LogP contribution in [0.2, 0.25) is 0 Å². The van der Waals surface area contributed by atoms with Crippen LogP contribution >= 0.6 is 11.5 Å². The van der Waals surface area contributed by atoms with Crippen LogP contribution in [0.25, 0.3) is 15.8 Å². The van der Waals surface area contributed by atoms with E-state index in [1.165, 1.54) is 17.0 Å². The Morgan fingerprint density at radius 1 is 1.45 bits per heavy atom. The van der Waals surface area contributed by atoms with Gasteiger partial charge in [0.05, 0.1) is 28.2 Å². The predicted octanol–water partition coefficient (Wildman–Crippen LogP) is 0.658. The zero-order valence-corrected chi connectivity index (χ0v) is 11.9. The van der Waals surface area contributed by atoms with Crippen molar-refractivity contribution in [3.8, 4) is 17.6 Å². The number of rotatable bonds is 1. The zero-order valence-electron chi connectivity index (χ0n) is 11.1. The fourth-order valence-electron chi connectivity index (χ4n) is 2.80. The van der Waals surface area contributed by atoms with Crippen molar-refractivity contribution in [2.75, 3.05) is 0 Å². The molecule has 0 radical (unpaired) electrons. The summed E-state index contributed by atoms with van der Waals surface area (Å²) in [6.45, 7) is 0.353. The summed E-state index contributed by atoms with van der Waals surface area (Å²) in [4.78, 5) is 16.5. The van der Waals surface area contributed by atoms with E-state index in [1.807, 2.05) is 6.07 Å². The number of nitrogens with zero attached hydrogens (tertiary/aromatic N) is 5. The molecule has 22 heavy (non-hydrogen) atoms. The lowest BCUT2D eigenvalue weighted by Gasteiger charge is -2.06. The van der Waals surface area contributed by atoms with Crippen molar-refractivity contribution in [1.82, 2.24) is 18.5 Å². The Bertz CT molecular complexity index is 1010. The number of nitriles is 1. The Labute approximate surface area is 127 Å². The quantitative estimate of drug-likeness (QED) is 0.681. The molecule has 1 atom stereocenters. The molecular formula is C13H9N5O3S. The van der Waals surface area contributed by atoms with Crippen molar-refractivity contribution in [2.45, 2.75) is 19.1 Å². The molecule has 3 aromatic heterocycles. The summed E-state index contributed by atoms with van der Waals surface area (Å²) in [7, 11) is 0. The van der Waals surface area contributed by atoms with E-state index in [1.54, 1.807) is 0 Å². The molecule has 0 bridgehead atoms. The van der Waals surface area contributed by atoms with Crippen LogP contribution in [-0.2, 0) is 6.54 Å². The van der Waals surface area contributed by atoms with E-state index in [0.29, 0.717) is 28.7 Å². The average Bonchev–Trinajstić information content (AvgIpc) is 3.18. The Morgan fingerprint density at radius 2 is 2.27 bits per heavy atom. The first-order chi connectivity index (χ1) is 10.6. The normalized spacial score (nSPS) is 16.8. The summed E-state index contributed by atoms with van der Waals surface area (Å²) in [6, 6.07) is 1.97. The van der Waals surface area contributed by atoms with E-state index in [2.05, 4.69) is 9.36 Å². The molecule has 0 unspecified atom stereocenters. The van der Waals surface area contributed by atoms with Crippen molar-refractivity contribution >= 4 is 21.6 Å². The lowest BCUT2D eigenvalue weighted by molar-refractivity contribution is 0.175. The highest BCUT2D eigenvalue weighted by atomic mass is 32.1. The number of pyridine rings is 1. The van der Waals surface area contributed by atoms with Gasteiger partial charge in [0.2, 0.25) is 5.88 Å². The summed E-state index contributed by atoms with van der Waals surface area (Å²) in [6.07, 6.45) is 2.41.